The molecule has 0 aliphatic heterocycles. The van der Waals surface area contributed by atoms with Gasteiger partial charge < -0.3 is 23.7 Å². The third kappa shape index (κ3) is 11.2. The van der Waals surface area contributed by atoms with Crippen LogP contribution in [0.4, 0.5) is 4.79 Å². The maximum absolute atomic E-state index is 10.9. The van der Waals surface area contributed by atoms with Gasteiger partial charge in [-0.3, -0.25) is 0 Å². The second kappa shape index (κ2) is 12.1. The lowest BCUT2D eigenvalue weighted by Gasteiger charge is -2.06. The number of ether oxygens (including phenoxy) is 5. The predicted octanol–water partition coefficient (Wildman–Crippen LogP) is 0.756. The van der Waals surface area contributed by atoms with Gasteiger partial charge in [0.1, 0.15) is 13.2 Å². The molecule has 0 saturated carbocycles. The molecule has 0 spiro atoms. The molecular formula is C11H20O7. The third-order valence-corrected chi connectivity index (χ3v) is 1.61. The van der Waals surface area contributed by atoms with Crippen LogP contribution in [-0.4, -0.2) is 58.4 Å². The highest BCUT2D eigenvalue weighted by Gasteiger charge is 2.02. The van der Waals surface area contributed by atoms with Gasteiger partial charge >= 0.3 is 12.1 Å². The molecule has 0 atom stereocenters. The summed E-state index contributed by atoms with van der Waals surface area (Å²) in [6.45, 7) is 4.91. The lowest BCUT2D eigenvalue weighted by molar-refractivity contribution is -0.149. The van der Waals surface area contributed by atoms with Crippen molar-refractivity contribution in [1.82, 2.24) is 0 Å². The van der Waals surface area contributed by atoms with Crippen molar-refractivity contribution in [1.29, 1.82) is 0 Å². The summed E-state index contributed by atoms with van der Waals surface area (Å²) in [5.41, 5.74) is 0. The van der Waals surface area contributed by atoms with Crippen LogP contribution in [0.2, 0.25) is 0 Å². The molecule has 0 saturated heterocycles. The van der Waals surface area contributed by atoms with E-state index >= 15 is 0 Å². The first-order chi connectivity index (χ1) is 8.70. The van der Waals surface area contributed by atoms with E-state index in [1.165, 1.54) is 0 Å². The highest BCUT2D eigenvalue weighted by molar-refractivity contribution is 5.70. The fraction of sp³-hybridized carbons (Fsp3) is 0.818. The molecule has 7 nitrogen and oxygen atoms in total. The Balaban J connectivity index is 3.16. The first-order valence-corrected chi connectivity index (χ1v) is 5.81. The molecule has 0 amide bonds. The minimum Gasteiger partial charge on any atom is -0.464 e. The summed E-state index contributed by atoms with van der Waals surface area (Å²) in [6, 6.07) is 0. The molecule has 0 aromatic carbocycles. The van der Waals surface area contributed by atoms with Gasteiger partial charge in [-0.05, 0) is 13.8 Å². The average Bonchev–Trinajstić information content (AvgIpc) is 2.33. The molecule has 0 bridgehead atoms. The Labute approximate surface area is 106 Å². The van der Waals surface area contributed by atoms with Crippen LogP contribution in [-0.2, 0) is 28.5 Å². The molecule has 18 heavy (non-hydrogen) atoms. The van der Waals surface area contributed by atoms with E-state index in [1.807, 2.05) is 0 Å². The molecule has 0 rings (SSSR count). The lowest BCUT2D eigenvalue weighted by Crippen LogP contribution is -2.16. The van der Waals surface area contributed by atoms with Gasteiger partial charge in [-0.25, -0.2) is 9.59 Å². The van der Waals surface area contributed by atoms with E-state index in [-0.39, 0.29) is 33.0 Å². The van der Waals surface area contributed by atoms with Gasteiger partial charge in [0.2, 0.25) is 0 Å². The molecule has 106 valence electrons. The van der Waals surface area contributed by atoms with E-state index in [4.69, 9.17) is 9.47 Å². The lowest BCUT2D eigenvalue weighted by atomic mass is 10.7. The maximum Gasteiger partial charge on any atom is 0.508 e. The fourth-order valence-electron chi connectivity index (χ4n) is 0.922. The van der Waals surface area contributed by atoms with Crippen LogP contribution in [0, 0.1) is 0 Å². The van der Waals surface area contributed by atoms with E-state index in [1.54, 1.807) is 13.8 Å². The van der Waals surface area contributed by atoms with Gasteiger partial charge in [0.15, 0.2) is 0 Å². The zero-order chi connectivity index (χ0) is 13.6. The minimum atomic E-state index is -0.709. The number of carbonyl (C=O) groups excluding carboxylic acids is 2. The smallest absolute Gasteiger partial charge is 0.464 e. The third-order valence-electron chi connectivity index (χ3n) is 1.61. The van der Waals surface area contributed by atoms with Crippen LogP contribution in [0.5, 0.6) is 0 Å². The van der Waals surface area contributed by atoms with Crippen molar-refractivity contribution in [2.24, 2.45) is 0 Å². The highest BCUT2D eigenvalue weighted by Crippen LogP contribution is 1.86. The Kier molecular flexibility index (Phi) is 11.2. The second-order valence-corrected chi connectivity index (χ2v) is 3.00. The molecule has 0 N–H and O–H groups in total. The van der Waals surface area contributed by atoms with Crippen molar-refractivity contribution in [3.63, 3.8) is 0 Å². The van der Waals surface area contributed by atoms with Crippen LogP contribution < -0.4 is 0 Å². The summed E-state index contributed by atoms with van der Waals surface area (Å²) in [5.74, 6) is -0.400. The van der Waals surface area contributed by atoms with E-state index in [0.29, 0.717) is 13.2 Å². The molecule has 0 fully saturated rings. The van der Waals surface area contributed by atoms with Crippen LogP contribution in [0.25, 0.3) is 0 Å². The van der Waals surface area contributed by atoms with Crippen LogP contribution in [0.15, 0.2) is 0 Å². The molecule has 0 radical (unpaired) electrons. The van der Waals surface area contributed by atoms with Crippen molar-refractivity contribution < 1.29 is 33.3 Å². The standard InChI is InChI=1S/C11H20O7/c1-3-16-10(12)9-15-6-5-14-7-8-18-11(13)17-4-2/h3-9H2,1-2H3. The Morgan fingerprint density at radius 3 is 2.06 bits per heavy atom. The zero-order valence-electron chi connectivity index (χ0n) is 10.8. The molecule has 0 aliphatic carbocycles. The molecule has 0 aliphatic rings. The summed E-state index contributed by atoms with van der Waals surface area (Å²) in [4.78, 5) is 21.6. The summed E-state index contributed by atoms with van der Waals surface area (Å²) in [6.07, 6.45) is -0.709. The fourth-order valence-corrected chi connectivity index (χ4v) is 0.922. The Morgan fingerprint density at radius 1 is 0.778 bits per heavy atom. The molecule has 7 heteroatoms. The van der Waals surface area contributed by atoms with Crippen LogP contribution >= 0.6 is 0 Å². The Bertz CT molecular complexity index is 205. The van der Waals surface area contributed by atoms with E-state index in [2.05, 4.69) is 14.2 Å². The van der Waals surface area contributed by atoms with Crippen molar-refractivity contribution in [2.75, 3.05) is 46.2 Å². The molecule has 0 unspecified atom stereocenters. The zero-order valence-corrected chi connectivity index (χ0v) is 10.8. The van der Waals surface area contributed by atoms with Crippen molar-refractivity contribution in [3.8, 4) is 0 Å². The van der Waals surface area contributed by atoms with E-state index < -0.39 is 12.1 Å². The normalized spacial score (nSPS) is 9.89. The van der Waals surface area contributed by atoms with Crippen LogP contribution in [0.3, 0.4) is 0 Å². The summed E-state index contributed by atoms with van der Waals surface area (Å²) in [5, 5.41) is 0. The van der Waals surface area contributed by atoms with E-state index in [9.17, 15) is 9.59 Å². The monoisotopic (exact) mass is 264 g/mol. The predicted molar refractivity (Wildman–Crippen MR) is 61.2 cm³/mol. The first kappa shape index (κ1) is 16.7. The number of hydrogen-bond donors (Lipinski definition) is 0. The molecule has 0 aromatic heterocycles. The summed E-state index contributed by atoms with van der Waals surface area (Å²) in [7, 11) is 0. The van der Waals surface area contributed by atoms with Gasteiger partial charge in [-0.15, -0.1) is 0 Å². The Hall–Kier alpha value is -1.34. The quantitative estimate of drug-likeness (QED) is 0.425. The van der Waals surface area contributed by atoms with Crippen molar-refractivity contribution in [2.45, 2.75) is 13.8 Å². The van der Waals surface area contributed by atoms with Gasteiger partial charge in [-0.1, -0.05) is 0 Å². The van der Waals surface area contributed by atoms with Crippen molar-refractivity contribution >= 4 is 12.1 Å². The SMILES string of the molecule is CCOC(=O)COCCOCCOC(=O)OCC. The van der Waals surface area contributed by atoms with E-state index in [0.717, 1.165) is 0 Å². The maximum atomic E-state index is 10.9. The second-order valence-electron chi connectivity index (χ2n) is 3.00. The molecule has 0 aromatic rings. The van der Waals surface area contributed by atoms with Gasteiger partial charge in [0.05, 0.1) is 33.0 Å². The minimum absolute atomic E-state index is 0.0868. The summed E-state index contributed by atoms with van der Waals surface area (Å²) < 4.78 is 23.9. The number of hydrogen-bond acceptors (Lipinski definition) is 7. The number of rotatable bonds is 10. The number of esters is 1. The van der Waals surface area contributed by atoms with Crippen LogP contribution in [0.1, 0.15) is 13.8 Å². The Morgan fingerprint density at radius 2 is 1.39 bits per heavy atom. The largest absolute Gasteiger partial charge is 0.508 e. The van der Waals surface area contributed by atoms with Crippen molar-refractivity contribution in [3.05, 3.63) is 0 Å². The topological polar surface area (TPSA) is 80.3 Å². The van der Waals surface area contributed by atoms with Gasteiger partial charge in [0, 0.05) is 0 Å². The number of carbonyl (C=O) groups is 2. The molecule has 0 heterocycles. The average molecular weight is 264 g/mol. The van der Waals surface area contributed by atoms with Gasteiger partial charge in [-0.2, -0.15) is 0 Å². The van der Waals surface area contributed by atoms with Gasteiger partial charge in [0.25, 0.3) is 0 Å². The summed E-state index contributed by atoms with van der Waals surface area (Å²) >= 11 is 0. The molecular weight excluding hydrogens is 244 g/mol. The first-order valence-electron chi connectivity index (χ1n) is 5.81. The highest BCUT2D eigenvalue weighted by atomic mass is 16.7.